The first-order valence-corrected chi connectivity index (χ1v) is 13.2. The van der Waals surface area contributed by atoms with Gasteiger partial charge in [-0.15, -0.1) is 0 Å². The minimum atomic E-state index is -0.378. The summed E-state index contributed by atoms with van der Waals surface area (Å²) in [5.74, 6) is 0.762. The first-order valence-electron chi connectivity index (χ1n) is 13.2. The van der Waals surface area contributed by atoms with Gasteiger partial charge in [-0.1, -0.05) is 12.8 Å². The maximum Gasteiger partial charge on any atom is 0.252 e. The highest BCUT2D eigenvalue weighted by Crippen LogP contribution is 2.27. The molecule has 0 unspecified atom stereocenters. The van der Waals surface area contributed by atoms with Gasteiger partial charge in [-0.05, 0) is 25.8 Å². The van der Waals surface area contributed by atoms with E-state index in [-0.39, 0.29) is 12.6 Å². The molecule has 4 heterocycles. The number of aromatic nitrogens is 7. The van der Waals surface area contributed by atoms with Crippen LogP contribution in [0, 0.1) is 6.92 Å². The fourth-order valence-corrected chi connectivity index (χ4v) is 4.99. The summed E-state index contributed by atoms with van der Waals surface area (Å²) >= 11 is 0. The molecule has 1 amide bonds. The Hall–Kier alpha value is -4.13. The first kappa shape index (κ1) is 26.5. The van der Waals surface area contributed by atoms with Crippen LogP contribution in [0.15, 0.2) is 30.9 Å². The number of pyridine rings is 1. The van der Waals surface area contributed by atoms with Gasteiger partial charge in [0.25, 0.3) is 5.91 Å². The monoisotopic (exact) mass is 535 g/mol. The van der Waals surface area contributed by atoms with Gasteiger partial charge in [-0.2, -0.15) is 15.2 Å². The first-order chi connectivity index (χ1) is 18.9. The van der Waals surface area contributed by atoms with Crippen molar-refractivity contribution in [2.75, 3.05) is 36.9 Å². The van der Waals surface area contributed by atoms with E-state index in [4.69, 9.17) is 0 Å². The van der Waals surface area contributed by atoms with Crippen LogP contribution in [0.5, 0.6) is 0 Å². The number of nitrogens with zero attached hydrogens (tertiary/aromatic N) is 8. The van der Waals surface area contributed by atoms with E-state index in [0.29, 0.717) is 54.3 Å². The Kier molecular flexibility index (Phi) is 7.96. The Balaban J connectivity index is 1.26. The lowest BCUT2D eigenvalue weighted by molar-refractivity contribution is 0.0942. The summed E-state index contributed by atoms with van der Waals surface area (Å²) in [6.07, 6.45) is 11.3. The highest BCUT2D eigenvalue weighted by atomic mass is 19.1. The zero-order chi connectivity index (χ0) is 27.4. The third-order valence-electron chi connectivity index (χ3n) is 7.04. The second-order valence-electron chi connectivity index (χ2n) is 9.83. The molecule has 1 saturated carbocycles. The van der Waals surface area contributed by atoms with Crippen molar-refractivity contribution in [3.05, 3.63) is 42.1 Å². The number of aryl methyl sites for hydroxylation is 3. The molecule has 0 aromatic carbocycles. The largest absolute Gasteiger partial charge is 0.351 e. The van der Waals surface area contributed by atoms with Crippen molar-refractivity contribution < 1.29 is 9.18 Å². The number of anilines is 4. The number of fused-ring (bicyclic) bond motifs is 1. The fraction of sp³-hybridized carbons (Fsp3) is 0.462. The van der Waals surface area contributed by atoms with Gasteiger partial charge in [0.05, 0.1) is 34.2 Å². The predicted molar refractivity (Wildman–Crippen MR) is 147 cm³/mol. The summed E-state index contributed by atoms with van der Waals surface area (Å²) in [5.41, 5.74) is 3.23. The van der Waals surface area contributed by atoms with Crippen LogP contribution in [0.1, 0.15) is 41.7 Å². The molecule has 1 aliphatic rings. The highest BCUT2D eigenvalue weighted by Gasteiger charge is 2.22. The number of alkyl halides is 1. The summed E-state index contributed by atoms with van der Waals surface area (Å²) in [4.78, 5) is 28.5. The normalized spacial score (nSPS) is 13.9. The van der Waals surface area contributed by atoms with E-state index in [9.17, 15) is 9.18 Å². The summed E-state index contributed by atoms with van der Waals surface area (Å²) in [6.45, 7) is 2.96. The Labute approximate surface area is 226 Å². The van der Waals surface area contributed by atoms with Crippen LogP contribution >= 0.6 is 0 Å². The van der Waals surface area contributed by atoms with Crippen molar-refractivity contribution in [1.29, 1.82) is 0 Å². The number of hydrogen-bond donors (Lipinski definition) is 3. The lowest BCUT2D eigenvalue weighted by Gasteiger charge is -2.27. The van der Waals surface area contributed by atoms with E-state index < -0.39 is 0 Å². The van der Waals surface area contributed by atoms with Gasteiger partial charge < -0.3 is 16.0 Å². The standard InChI is InChI=1S/C26H34FN11O/c1-17-22(12-18(13-29-17)25(39)28-9-11-38(10-8-27)20-6-4-5-7-20)33-23-21-15-30-26(34-24(21)37(3)35-23)32-19-14-31-36(2)16-19/h12-16,20H,4-11H2,1-3H3,(H,28,39)(H,33,35)(H,30,32,34). The zero-order valence-corrected chi connectivity index (χ0v) is 22.5. The molecule has 0 radical (unpaired) electrons. The average Bonchev–Trinajstić information content (AvgIpc) is 3.66. The Morgan fingerprint density at radius 3 is 2.69 bits per heavy atom. The summed E-state index contributed by atoms with van der Waals surface area (Å²) < 4.78 is 16.4. The molecule has 39 heavy (non-hydrogen) atoms. The van der Waals surface area contributed by atoms with Crippen LogP contribution in [0.3, 0.4) is 0 Å². The van der Waals surface area contributed by atoms with E-state index in [0.717, 1.165) is 29.6 Å². The fourth-order valence-electron chi connectivity index (χ4n) is 4.99. The molecule has 4 aromatic rings. The molecule has 12 nitrogen and oxygen atoms in total. The maximum absolute atomic E-state index is 13.1. The Morgan fingerprint density at radius 2 is 1.95 bits per heavy atom. The van der Waals surface area contributed by atoms with Crippen molar-refractivity contribution >= 4 is 40.1 Å². The number of hydrogen-bond acceptors (Lipinski definition) is 9. The van der Waals surface area contributed by atoms with Crippen LogP contribution in [0.25, 0.3) is 11.0 Å². The second kappa shape index (κ2) is 11.7. The molecule has 1 fully saturated rings. The maximum atomic E-state index is 13.1. The second-order valence-corrected chi connectivity index (χ2v) is 9.83. The Morgan fingerprint density at radius 1 is 1.13 bits per heavy atom. The number of nitrogens with one attached hydrogen (secondary N) is 3. The third kappa shape index (κ3) is 6.14. The lowest BCUT2D eigenvalue weighted by atomic mass is 10.2. The van der Waals surface area contributed by atoms with Gasteiger partial charge in [0.15, 0.2) is 11.5 Å². The minimum Gasteiger partial charge on any atom is -0.351 e. The lowest BCUT2D eigenvalue weighted by Crippen LogP contribution is -2.41. The molecular formula is C26H34FN11O. The van der Waals surface area contributed by atoms with E-state index in [1.807, 2.05) is 20.2 Å². The molecule has 13 heteroatoms. The molecule has 4 aromatic heterocycles. The van der Waals surface area contributed by atoms with E-state index >= 15 is 0 Å². The van der Waals surface area contributed by atoms with E-state index in [1.165, 1.54) is 12.8 Å². The van der Waals surface area contributed by atoms with Gasteiger partial charge in [-0.3, -0.25) is 19.4 Å². The van der Waals surface area contributed by atoms with Crippen molar-refractivity contribution in [1.82, 2.24) is 44.7 Å². The molecule has 0 spiro atoms. The number of halogens is 1. The van der Waals surface area contributed by atoms with Gasteiger partial charge in [0.1, 0.15) is 6.67 Å². The Bertz CT molecular complexity index is 1440. The number of carbonyl (C=O) groups excluding carboxylic acids is 1. The van der Waals surface area contributed by atoms with Crippen LogP contribution in [-0.2, 0) is 14.1 Å². The molecule has 0 atom stereocenters. The van der Waals surface area contributed by atoms with Crippen LogP contribution in [0.4, 0.5) is 27.5 Å². The number of carbonyl (C=O) groups is 1. The zero-order valence-electron chi connectivity index (χ0n) is 22.5. The quantitative estimate of drug-likeness (QED) is 0.265. The molecule has 5 rings (SSSR count). The molecule has 0 aliphatic heterocycles. The summed E-state index contributed by atoms with van der Waals surface area (Å²) in [7, 11) is 3.64. The van der Waals surface area contributed by atoms with Crippen molar-refractivity contribution in [3.8, 4) is 0 Å². The van der Waals surface area contributed by atoms with E-state index in [1.54, 1.807) is 41.1 Å². The molecule has 3 N–H and O–H groups in total. The van der Waals surface area contributed by atoms with Crippen LogP contribution in [0.2, 0.25) is 0 Å². The smallest absolute Gasteiger partial charge is 0.252 e. The van der Waals surface area contributed by atoms with Gasteiger partial charge in [0.2, 0.25) is 5.95 Å². The van der Waals surface area contributed by atoms with Gasteiger partial charge >= 0.3 is 0 Å². The predicted octanol–water partition coefficient (Wildman–Crippen LogP) is 3.23. The van der Waals surface area contributed by atoms with Gasteiger partial charge in [-0.25, -0.2) is 14.1 Å². The molecule has 206 valence electrons. The van der Waals surface area contributed by atoms with Crippen LogP contribution in [-0.4, -0.2) is 77.7 Å². The minimum absolute atomic E-state index is 0.225. The highest BCUT2D eigenvalue weighted by molar-refractivity contribution is 5.96. The molecule has 0 saturated heterocycles. The molecule has 0 bridgehead atoms. The topological polar surface area (TPSA) is 131 Å². The van der Waals surface area contributed by atoms with E-state index in [2.05, 4.69) is 46.0 Å². The van der Waals surface area contributed by atoms with Crippen LogP contribution < -0.4 is 16.0 Å². The SMILES string of the molecule is Cc1ncc(C(=O)NCCN(CCF)C2CCCC2)cc1Nc1nn(C)c2nc(Nc3cnn(C)c3)ncc12. The van der Waals surface area contributed by atoms with Crippen molar-refractivity contribution in [2.45, 2.75) is 38.6 Å². The summed E-state index contributed by atoms with van der Waals surface area (Å²) in [5, 5.41) is 18.8. The third-order valence-corrected chi connectivity index (χ3v) is 7.04. The number of rotatable bonds is 11. The van der Waals surface area contributed by atoms with Gasteiger partial charge in [0, 0.05) is 58.4 Å². The molecule has 1 aliphatic carbocycles. The number of amides is 1. The average molecular weight is 536 g/mol. The summed E-state index contributed by atoms with van der Waals surface area (Å²) in [6, 6.07) is 2.17. The molecular weight excluding hydrogens is 501 g/mol. The van der Waals surface area contributed by atoms with Crippen molar-refractivity contribution in [3.63, 3.8) is 0 Å². The van der Waals surface area contributed by atoms with Crippen molar-refractivity contribution in [2.24, 2.45) is 14.1 Å².